The molecule has 2 aromatic heterocycles. The number of aliphatic carboxylic acids is 1. The number of H-pyrrole nitrogens is 1. The van der Waals surface area contributed by atoms with Gasteiger partial charge in [0.25, 0.3) is 17.0 Å². The van der Waals surface area contributed by atoms with Gasteiger partial charge in [-0.25, -0.2) is 4.98 Å². The average Bonchev–Trinajstić information content (AvgIpc) is 3.14. The van der Waals surface area contributed by atoms with Crippen LogP contribution in [0.3, 0.4) is 0 Å². The van der Waals surface area contributed by atoms with Crippen LogP contribution in [0.5, 0.6) is 0 Å². The molecule has 3 amide bonds. The Morgan fingerprint density at radius 2 is 1.95 bits per heavy atom. The molecule has 2 aliphatic heterocycles. The number of carbonyl (C=O) groups is 4. The number of carboxylic acids is 1. The molecule has 198 valence electrons. The summed E-state index contributed by atoms with van der Waals surface area (Å²) in [5.41, 5.74) is -1.12. The van der Waals surface area contributed by atoms with Crippen molar-refractivity contribution in [2.75, 3.05) is 0 Å². The summed E-state index contributed by atoms with van der Waals surface area (Å²) in [5, 5.41) is 18.6. The third-order valence-corrected chi connectivity index (χ3v) is 8.32. The maximum atomic E-state index is 13.4. The SMILES string of the molecule is CC1(C)S[C@@H]2[C@H](NC(=O)C(NC(=O)c3cnc4ccc(=O)[nH]n4c3=O)C3=CCC=CC3)C(=O)N2[C@H]1C(=O)[O-].[Na+]. The number of rotatable bonds is 6. The van der Waals surface area contributed by atoms with Crippen LogP contribution in [0, 0.1) is 0 Å². The van der Waals surface area contributed by atoms with Gasteiger partial charge in [0.15, 0.2) is 5.65 Å². The predicted molar refractivity (Wildman–Crippen MR) is 133 cm³/mol. The third-order valence-electron chi connectivity index (χ3n) is 6.75. The van der Waals surface area contributed by atoms with Gasteiger partial charge in [-0.2, -0.15) is 4.52 Å². The number of aromatic amines is 1. The molecule has 3 aliphatic rings. The summed E-state index contributed by atoms with van der Waals surface area (Å²) in [7, 11) is 0. The van der Waals surface area contributed by atoms with Gasteiger partial charge in [-0.1, -0.05) is 18.2 Å². The third kappa shape index (κ3) is 5.09. The fraction of sp³-hybridized carbons (Fsp3) is 0.375. The number of aromatic nitrogens is 3. The molecule has 0 aromatic carbocycles. The minimum Gasteiger partial charge on any atom is -0.548 e. The van der Waals surface area contributed by atoms with Gasteiger partial charge >= 0.3 is 29.6 Å². The maximum absolute atomic E-state index is 13.4. The summed E-state index contributed by atoms with van der Waals surface area (Å²) in [6.07, 6.45) is 7.41. The van der Waals surface area contributed by atoms with E-state index in [1.165, 1.54) is 28.8 Å². The standard InChI is InChI=1S/C24H24N6O7S.Na/c1-24(2)17(23(36)37)29-21(35)16(22(29)38-24)27-19(33)15(11-6-4-3-5-7-11)26-18(32)12-10-25-13-8-9-14(31)28-30(13)20(12)34;/h3-4,7-10,15-17,22H,5-6H2,1-2H3,(H,26,32)(H,27,33)(H,28,31)(H,36,37);/q;+1/p-1/t15?,16-,17+,22-;/m1./s1. The molecule has 4 atom stereocenters. The second-order valence-electron chi connectivity index (χ2n) is 9.64. The topological polar surface area (TPSA) is 186 Å². The quantitative estimate of drug-likeness (QED) is 0.176. The number of β-lactam (4-membered cyclic amide) rings is 1. The fourth-order valence-electron chi connectivity index (χ4n) is 4.90. The first-order valence-corrected chi connectivity index (χ1v) is 12.6. The number of hydrogen-bond acceptors (Lipinski definition) is 9. The van der Waals surface area contributed by atoms with E-state index in [1.807, 2.05) is 12.2 Å². The maximum Gasteiger partial charge on any atom is 1.00 e. The molecule has 2 aromatic rings. The van der Waals surface area contributed by atoms with Crippen molar-refractivity contribution < 1.29 is 53.8 Å². The van der Waals surface area contributed by atoms with Crippen molar-refractivity contribution in [1.29, 1.82) is 0 Å². The zero-order valence-electron chi connectivity index (χ0n) is 21.3. The van der Waals surface area contributed by atoms with Gasteiger partial charge in [0.05, 0.1) is 12.0 Å². The van der Waals surface area contributed by atoms with Gasteiger partial charge in [0.2, 0.25) is 11.8 Å². The van der Waals surface area contributed by atoms with E-state index in [4.69, 9.17) is 0 Å². The number of amides is 3. The molecule has 13 nitrogen and oxygen atoms in total. The van der Waals surface area contributed by atoms with Crippen molar-refractivity contribution in [3.05, 3.63) is 68.4 Å². The summed E-state index contributed by atoms with van der Waals surface area (Å²) in [5.74, 6) is -3.51. The van der Waals surface area contributed by atoms with E-state index in [0.717, 1.165) is 10.7 Å². The van der Waals surface area contributed by atoms with Crippen LogP contribution in [0.4, 0.5) is 0 Å². The predicted octanol–water partition coefficient (Wildman–Crippen LogP) is -4.94. The Morgan fingerprint density at radius 3 is 2.62 bits per heavy atom. The zero-order valence-corrected chi connectivity index (χ0v) is 24.1. The zero-order chi connectivity index (χ0) is 27.4. The Bertz CT molecular complexity index is 1560. The Morgan fingerprint density at radius 1 is 1.21 bits per heavy atom. The molecule has 0 radical (unpaired) electrons. The Balaban J connectivity index is 0.00000353. The molecular weight excluding hydrogens is 539 g/mol. The molecule has 2 fully saturated rings. The molecule has 0 bridgehead atoms. The van der Waals surface area contributed by atoms with Crippen LogP contribution in [-0.4, -0.2) is 71.4 Å². The first kappa shape index (κ1) is 28.8. The van der Waals surface area contributed by atoms with Crippen LogP contribution in [0.25, 0.3) is 5.65 Å². The van der Waals surface area contributed by atoms with E-state index < -0.39 is 68.6 Å². The fourth-order valence-corrected chi connectivity index (χ4v) is 6.52. The van der Waals surface area contributed by atoms with Crippen molar-refractivity contribution in [2.45, 2.75) is 54.9 Å². The van der Waals surface area contributed by atoms with Crippen molar-refractivity contribution in [3.63, 3.8) is 0 Å². The van der Waals surface area contributed by atoms with Crippen LogP contribution < -0.4 is 56.4 Å². The van der Waals surface area contributed by atoms with Crippen LogP contribution in [0.1, 0.15) is 37.0 Å². The largest absolute Gasteiger partial charge is 1.00 e. The molecule has 0 spiro atoms. The van der Waals surface area contributed by atoms with Crippen LogP contribution in [0.15, 0.2) is 51.7 Å². The second kappa shape index (κ2) is 10.8. The number of nitrogens with zero attached hydrogens (tertiary/aromatic N) is 3. The molecule has 15 heteroatoms. The normalized spacial score (nSPS) is 23.6. The minimum absolute atomic E-state index is 0. The molecular formula is C24H23N6NaO7S. The van der Waals surface area contributed by atoms with Crippen molar-refractivity contribution >= 4 is 41.1 Å². The van der Waals surface area contributed by atoms with E-state index in [0.29, 0.717) is 18.4 Å². The van der Waals surface area contributed by atoms with E-state index in [2.05, 4.69) is 20.7 Å². The molecule has 4 heterocycles. The summed E-state index contributed by atoms with van der Waals surface area (Å²) in [6, 6.07) is -0.843. The number of carbonyl (C=O) groups excluding carboxylic acids is 4. The van der Waals surface area contributed by atoms with Gasteiger partial charge < -0.3 is 25.4 Å². The van der Waals surface area contributed by atoms with Crippen molar-refractivity contribution in [3.8, 4) is 0 Å². The number of thioether (sulfide) groups is 1. The minimum atomic E-state index is -1.37. The summed E-state index contributed by atoms with van der Waals surface area (Å²) >= 11 is 1.25. The van der Waals surface area contributed by atoms with Gasteiger partial charge in [0, 0.05) is 17.0 Å². The first-order valence-electron chi connectivity index (χ1n) is 11.8. The summed E-state index contributed by atoms with van der Waals surface area (Å²) < 4.78 is 0.0124. The molecule has 1 unspecified atom stereocenters. The van der Waals surface area contributed by atoms with Gasteiger partial charge in [0.1, 0.15) is 23.0 Å². The van der Waals surface area contributed by atoms with Gasteiger partial charge in [-0.05, 0) is 38.3 Å². The van der Waals surface area contributed by atoms with E-state index in [-0.39, 0.29) is 35.2 Å². The Kier molecular flexibility index (Phi) is 7.94. The van der Waals surface area contributed by atoms with Gasteiger partial charge in [-0.3, -0.25) is 29.1 Å². The number of carboxylic acid groups (broad SMARTS) is 1. The van der Waals surface area contributed by atoms with E-state index in [9.17, 15) is 33.9 Å². The van der Waals surface area contributed by atoms with E-state index in [1.54, 1.807) is 19.9 Å². The monoisotopic (exact) mass is 562 g/mol. The first-order chi connectivity index (χ1) is 18.0. The number of fused-ring (bicyclic) bond motifs is 2. The summed E-state index contributed by atoms with van der Waals surface area (Å²) in [6.45, 7) is 3.38. The number of allylic oxidation sites excluding steroid dienone is 3. The number of hydrogen-bond donors (Lipinski definition) is 3. The van der Waals surface area contributed by atoms with Crippen LogP contribution in [-0.2, 0) is 14.4 Å². The van der Waals surface area contributed by atoms with Gasteiger partial charge in [-0.15, -0.1) is 11.8 Å². The summed E-state index contributed by atoms with van der Waals surface area (Å²) in [4.78, 5) is 80.8. The van der Waals surface area contributed by atoms with Crippen molar-refractivity contribution in [2.24, 2.45) is 0 Å². The molecule has 2 saturated heterocycles. The number of nitrogens with one attached hydrogen (secondary N) is 3. The molecule has 0 saturated carbocycles. The van der Waals surface area contributed by atoms with E-state index >= 15 is 0 Å². The van der Waals surface area contributed by atoms with Crippen LogP contribution >= 0.6 is 11.8 Å². The molecule has 1 aliphatic carbocycles. The Labute approximate surface area is 247 Å². The molecule has 3 N–H and O–H groups in total. The van der Waals surface area contributed by atoms with Crippen LogP contribution in [0.2, 0.25) is 0 Å². The van der Waals surface area contributed by atoms with Crippen molar-refractivity contribution in [1.82, 2.24) is 30.1 Å². The smallest absolute Gasteiger partial charge is 0.548 e. The second-order valence-corrected chi connectivity index (χ2v) is 11.4. The average molecular weight is 563 g/mol. The molecule has 5 rings (SSSR count). The molecule has 39 heavy (non-hydrogen) atoms. The Hall–Kier alpha value is -3.20.